The van der Waals surface area contributed by atoms with Gasteiger partial charge in [-0.2, -0.15) is 0 Å². The highest BCUT2D eigenvalue weighted by molar-refractivity contribution is 4.72. The van der Waals surface area contributed by atoms with E-state index >= 15 is 0 Å². The Morgan fingerprint density at radius 1 is 1.07 bits per heavy atom. The summed E-state index contributed by atoms with van der Waals surface area (Å²) in [6, 6.07) is 0. The second-order valence-electron chi connectivity index (χ2n) is 4.99. The first-order valence-corrected chi connectivity index (χ1v) is 6.33. The number of hydrogen-bond acceptors (Lipinski definition) is 3. The fraction of sp³-hybridized carbons (Fsp3) is 1.00. The zero-order valence-electron chi connectivity index (χ0n) is 9.95. The molecule has 2 rings (SSSR count). The monoisotopic (exact) mass is 212 g/mol. The molecular weight excluding hydrogens is 188 g/mol. The summed E-state index contributed by atoms with van der Waals surface area (Å²) in [7, 11) is 2.23. The summed E-state index contributed by atoms with van der Waals surface area (Å²) in [6.07, 6.45) is 4.20. The average Bonchev–Trinajstić information content (AvgIpc) is 2.30. The maximum Gasteiger partial charge on any atom is 0.0594 e. The van der Waals surface area contributed by atoms with Crippen LogP contribution in [0, 0.1) is 5.92 Å². The first kappa shape index (κ1) is 11.4. The molecule has 2 saturated heterocycles. The van der Waals surface area contributed by atoms with Crippen molar-refractivity contribution in [1.29, 1.82) is 0 Å². The van der Waals surface area contributed by atoms with Crippen molar-refractivity contribution in [3.63, 3.8) is 0 Å². The van der Waals surface area contributed by atoms with Gasteiger partial charge in [-0.3, -0.25) is 4.90 Å². The molecule has 0 unspecified atom stereocenters. The summed E-state index contributed by atoms with van der Waals surface area (Å²) in [5.74, 6) is 0.976. The van der Waals surface area contributed by atoms with Crippen molar-refractivity contribution < 1.29 is 4.74 Å². The van der Waals surface area contributed by atoms with E-state index in [4.69, 9.17) is 4.74 Å². The minimum atomic E-state index is 0.938. The molecule has 0 amide bonds. The number of morpholine rings is 1. The fourth-order valence-electron chi connectivity index (χ4n) is 2.54. The maximum absolute atomic E-state index is 5.36. The average molecular weight is 212 g/mol. The molecule has 0 bridgehead atoms. The Hall–Kier alpha value is -0.120. The molecule has 0 aromatic heterocycles. The van der Waals surface area contributed by atoms with Crippen molar-refractivity contribution in [2.24, 2.45) is 5.92 Å². The largest absolute Gasteiger partial charge is 0.379 e. The lowest BCUT2D eigenvalue weighted by Gasteiger charge is -2.32. The van der Waals surface area contributed by atoms with Gasteiger partial charge in [-0.05, 0) is 51.9 Å². The predicted molar refractivity (Wildman–Crippen MR) is 62.1 cm³/mol. The normalized spacial score (nSPS) is 27.0. The maximum atomic E-state index is 5.36. The molecule has 2 fully saturated rings. The SMILES string of the molecule is CN1CCC(CCN2CCOCC2)CC1. The number of rotatable bonds is 3. The van der Waals surface area contributed by atoms with Crippen LogP contribution in [0.2, 0.25) is 0 Å². The van der Waals surface area contributed by atoms with E-state index in [2.05, 4.69) is 16.8 Å². The summed E-state index contributed by atoms with van der Waals surface area (Å²) >= 11 is 0. The van der Waals surface area contributed by atoms with Crippen molar-refractivity contribution in [3.05, 3.63) is 0 Å². The molecule has 0 aromatic carbocycles. The number of piperidine rings is 1. The molecule has 0 N–H and O–H groups in total. The van der Waals surface area contributed by atoms with Gasteiger partial charge in [0.25, 0.3) is 0 Å². The molecule has 2 aliphatic heterocycles. The molecule has 0 saturated carbocycles. The van der Waals surface area contributed by atoms with E-state index in [9.17, 15) is 0 Å². The zero-order chi connectivity index (χ0) is 10.5. The van der Waals surface area contributed by atoms with Gasteiger partial charge in [0.2, 0.25) is 0 Å². The number of ether oxygens (including phenoxy) is 1. The van der Waals surface area contributed by atoms with Crippen molar-refractivity contribution in [1.82, 2.24) is 9.80 Å². The van der Waals surface area contributed by atoms with Crippen LogP contribution in [-0.4, -0.2) is 62.8 Å². The van der Waals surface area contributed by atoms with Crippen LogP contribution in [0.4, 0.5) is 0 Å². The molecule has 88 valence electrons. The Kier molecular flexibility index (Phi) is 4.42. The summed E-state index contributed by atoms with van der Waals surface area (Å²) in [4.78, 5) is 5.01. The van der Waals surface area contributed by atoms with Crippen molar-refractivity contribution in [3.8, 4) is 0 Å². The van der Waals surface area contributed by atoms with Crippen LogP contribution in [0.15, 0.2) is 0 Å². The molecule has 15 heavy (non-hydrogen) atoms. The van der Waals surface area contributed by atoms with Crippen LogP contribution in [0.1, 0.15) is 19.3 Å². The lowest BCUT2D eigenvalue weighted by atomic mass is 9.93. The third kappa shape index (κ3) is 3.74. The molecular formula is C12H24N2O. The van der Waals surface area contributed by atoms with Gasteiger partial charge < -0.3 is 9.64 Å². The van der Waals surface area contributed by atoms with Gasteiger partial charge >= 0.3 is 0 Å². The third-order valence-corrected chi connectivity index (χ3v) is 3.80. The molecule has 3 heteroatoms. The van der Waals surface area contributed by atoms with E-state index in [1.165, 1.54) is 38.9 Å². The first-order valence-electron chi connectivity index (χ1n) is 6.33. The fourth-order valence-corrected chi connectivity index (χ4v) is 2.54. The van der Waals surface area contributed by atoms with Gasteiger partial charge in [-0.1, -0.05) is 0 Å². The molecule has 0 radical (unpaired) electrons. The highest BCUT2D eigenvalue weighted by Gasteiger charge is 2.18. The van der Waals surface area contributed by atoms with Gasteiger partial charge in [0.05, 0.1) is 13.2 Å². The number of likely N-dealkylation sites (tertiary alicyclic amines) is 1. The Balaban J connectivity index is 1.60. The van der Waals surface area contributed by atoms with E-state index in [-0.39, 0.29) is 0 Å². The van der Waals surface area contributed by atoms with E-state index in [1.54, 1.807) is 0 Å². The van der Waals surface area contributed by atoms with E-state index in [0.29, 0.717) is 0 Å². The molecule has 0 aromatic rings. The zero-order valence-corrected chi connectivity index (χ0v) is 9.95. The standard InChI is InChI=1S/C12H24N2O/c1-13-5-2-12(3-6-13)4-7-14-8-10-15-11-9-14/h12H,2-11H2,1H3. The lowest BCUT2D eigenvalue weighted by molar-refractivity contribution is 0.0338. The minimum absolute atomic E-state index is 0.938. The molecule has 2 aliphatic rings. The second kappa shape index (κ2) is 5.83. The molecule has 2 heterocycles. The Labute approximate surface area is 93.4 Å². The van der Waals surface area contributed by atoms with Crippen LogP contribution in [0.5, 0.6) is 0 Å². The van der Waals surface area contributed by atoms with Crippen LogP contribution in [0.25, 0.3) is 0 Å². The minimum Gasteiger partial charge on any atom is -0.379 e. The highest BCUT2D eigenvalue weighted by Crippen LogP contribution is 2.19. The van der Waals surface area contributed by atoms with Gasteiger partial charge in [0, 0.05) is 13.1 Å². The van der Waals surface area contributed by atoms with Gasteiger partial charge in [0.15, 0.2) is 0 Å². The van der Waals surface area contributed by atoms with Crippen molar-refractivity contribution in [2.75, 3.05) is 53.0 Å². The van der Waals surface area contributed by atoms with Crippen LogP contribution >= 0.6 is 0 Å². The smallest absolute Gasteiger partial charge is 0.0594 e. The third-order valence-electron chi connectivity index (χ3n) is 3.80. The first-order chi connectivity index (χ1) is 7.34. The quantitative estimate of drug-likeness (QED) is 0.695. The van der Waals surface area contributed by atoms with Gasteiger partial charge in [0.1, 0.15) is 0 Å². The molecule has 3 nitrogen and oxygen atoms in total. The summed E-state index contributed by atoms with van der Waals surface area (Å²) < 4.78 is 5.36. The van der Waals surface area contributed by atoms with Gasteiger partial charge in [-0.15, -0.1) is 0 Å². The summed E-state index contributed by atoms with van der Waals surface area (Å²) in [6.45, 7) is 8.05. The topological polar surface area (TPSA) is 15.7 Å². The lowest BCUT2D eigenvalue weighted by Crippen LogP contribution is -2.38. The number of nitrogens with zero attached hydrogens (tertiary/aromatic N) is 2. The Bertz CT molecular complexity index is 172. The van der Waals surface area contributed by atoms with Crippen LogP contribution in [-0.2, 0) is 4.74 Å². The van der Waals surface area contributed by atoms with Crippen molar-refractivity contribution in [2.45, 2.75) is 19.3 Å². The highest BCUT2D eigenvalue weighted by atomic mass is 16.5. The van der Waals surface area contributed by atoms with E-state index < -0.39 is 0 Å². The van der Waals surface area contributed by atoms with Crippen LogP contribution < -0.4 is 0 Å². The van der Waals surface area contributed by atoms with Crippen LogP contribution in [0.3, 0.4) is 0 Å². The summed E-state index contributed by atoms with van der Waals surface area (Å²) in [5, 5.41) is 0. The Morgan fingerprint density at radius 3 is 2.40 bits per heavy atom. The number of hydrogen-bond donors (Lipinski definition) is 0. The molecule has 0 atom stereocenters. The Morgan fingerprint density at radius 2 is 1.73 bits per heavy atom. The van der Waals surface area contributed by atoms with Gasteiger partial charge in [-0.25, -0.2) is 0 Å². The van der Waals surface area contributed by atoms with Crippen molar-refractivity contribution >= 4 is 0 Å². The van der Waals surface area contributed by atoms with E-state index in [1.807, 2.05) is 0 Å². The van der Waals surface area contributed by atoms with E-state index in [0.717, 1.165) is 32.2 Å². The second-order valence-corrected chi connectivity index (χ2v) is 4.99. The summed E-state index contributed by atoms with van der Waals surface area (Å²) in [5.41, 5.74) is 0. The molecule has 0 spiro atoms. The molecule has 0 aliphatic carbocycles. The predicted octanol–water partition coefficient (Wildman–Crippen LogP) is 1.05.